The third-order valence-corrected chi connectivity index (χ3v) is 4.43. The maximum absolute atomic E-state index is 13.8. The number of halogens is 1. The Hall–Kier alpha value is -1.79. The van der Waals surface area contributed by atoms with Gasteiger partial charge in [-0.05, 0) is 25.0 Å². The molecule has 1 fully saturated rings. The van der Waals surface area contributed by atoms with Gasteiger partial charge in [0.05, 0.1) is 6.20 Å². The fraction of sp³-hybridized carbons (Fsp3) is 0.529. The highest BCUT2D eigenvalue weighted by Crippen LogP contribution is 2.22. The van der Waals surface area contributed by atoms with Crippen LogP contribution in [0.25, 0.3) is 0 Å². The molecule has 1 saturated heterocycles. The first-order valence-corrected chi connectivity index (χ1v) is 8.08. The monoisotopic (exact) mass is 317 g/mol. The molecule has 0 aromatic carbocycles. The molecular formula is C17H24FN5. The van der Waals surface area contributed by atoms with Crippen molar-refractivity contribution < 1.29 is 4.39 Å². The average Bonchev–Trinajstić information content (AvgIpc) is 3.07. The van der Waals surface area contributed by atoms with Crippen LogP contribution in [0.2, 0.25) is 0 Å². The average molecular weight is 317 g/mol. The molecule has 3 rings (SSSR count). The first-order chi connectivity index (χ1) is 11.1. The lowest BCUT2D eigenvalue weighted by molar-refractivity contribution is 0.230. The van der Waals surface area contributed by atoms with Crippen LogP contribution in [0.15, 0.2) is 30.7 Å². The Morgan fingerprint density at radius 1 is 1.43 bits per heavy atom. The van der Waals surface area contributed by atoms with Gasteiger partial charge in [-0.15, -0.1) is 0 Å². The van der Waals surface area contributed by atoms with Crippen LogP contribution in [-0.2, 0) is 20.1 Å². The summed E-state index contributed by atoms with van der Waals surface area (Å²) in [6, 6.07) is 4.25. The van der Waals surface area contributed by atoms with E-state index in [1.165, 1.54) is 5.56 Å². The summed E-state index contributed by atoms with van der Waals surface area (Å²) in [6.45, 7) is 4.83. The Kier molecular flexibility index (Phi) is 5.03. The van der Waals surface area contributed by atoms with Gasteiger partial charge in [-0.3, -0.25) is 14.6 Å². The summed E-state index contributed by atoms with van der Waals surface area (Å²) in [6.07, 6.45) is 5.52. The second-order valence-electron chi connectivity index (χ2n) is 6.32. The van der Waals surface area contributed by atoms with Gasteiger partial charge in [-0.2, -0.15) is 5.10 Å². The number of hydrogen-bond acceptors (Lipinski definition) is 4. The summed E-state index contributed by atoms with van der Waals surface area (Å²) in [7, 11) is 1.90. The van der Waals surface area contributed by atoms with Crippen LogP contribution in [0.5, 0.6) is 0 Å². The maximum Gasteiger partial charge on any atom is 0.114 e. The van der Waals surface area contributed by atoms with E-state index in [2.05, 4.69) is 26.4 Å². The molecule has 0 saturated carbocycles. The highest BCUT2D eigenvalue weighted by Gasteiger charge is 2.31. The number of aromatic nitrogens is 3. The lowest BCUT2D eigenvalue weighted by Crippen LogP contribution is -2.37. The Labute approximate surface area is 136 Å². The van der Waals surface area contributed by atoms with Crippen molar-refractivity contribution in [3.05, 3.63) is 47.5 Å². The number of rotatable bonds is 6. The second-order valence-corrected chi connectivity index (χ2v) is 6.32. The zero-order valence-corrected chi connectivity index (χ0v) is 13.7. The summed E-state index contributed by atoms with van der Waals surface area (Å²) in [5.74, 6) is 0. The predicted molar refractivity (Wildman–Crippen MR) is 87.6 cm³/mol. The molecule has 2 atom stereocenters. The molecule has 6 heteroatoms. The SMILES string of the molecule is Cc1ncccc1CNC[C@@H]1C[C@H](F)CN1Cc1cnn(C)c1. The van der Waals surface area contributed by atoms with Crippen molar-refractivity contribution in [2.24, 2.45) is 7.05 Å². The number of likely N-dealkylation sites (tertiary alicyclic amines) is 1. The lowest BCUT2D eigenvalue weighted by Gasteiger charge is -2.23. The number of alkyl halides is 1. The first-order valence-electron chi connectivity index (χ1n) is 8.08. The van der Waals surface area contributed by atoms with Crippen molar-refractivity contribution >= 4 is 0 Å². The van der Waals surface area contributed by atoms with Crippen LogP contribution in [-0.4, -0.2) is 45.0 Å². The van der Waals surface area contributed by atoms with Gasteiger partial charge in [0.2, 0.25) is 0 Å². The topological polar surface area (TPSA) is 46.0 Å². The predicted octanol–water partition coefficient (Wildman–Crippen LogP) is 1.83. The van der Waals surface area contributed by atoms with Crippen molar-refractivity contribution in [3.8, 4) is 0 Å². The smallest absolute Gasteiger partial charge is 0.114 e. The molecule has 0 bridgehead atoms. The molecule has 0 unspecified atom stereocenters. The highest BCUT2D eigenvalue weighted by molar-refractivity contribution is 5.17. The van der Waals surface area contributed by atoms with Crippen molar-refractivity contribution in [2.75, 3.05) is 13.1 Å². The van der Waals surface area contributed by atoms with Crippen LogP contribution in [0.3, 0.4) is 0 Å². The molecule has 0 amide bonds. The van der Waals surface area contributed by atoms with Crippen LogP contribution >= 0.6 is 0 Å². The van der Waals surface area contributed by atoms with E-state index < -0.39 is 6.17 Å². The van der Waals surface area contributed by atoms with Gasteiger partial charge in [0.25, 0.3) is 0 Å². The van der Waals surface area contributed by atoms with Crippen LogP contribution in [0.1, 0.15) is 23.2 Å². The Balaban J connectivity index is 1.54. The minimum absolute atomic E-state index is 0.224. The van der Waals surface area contributed by atoms with E-state index in [4.69, 9.17) is 0 Å². The molecule has 1 aliphatic heterocycles. The molecular weight excluding hydrogens is 293 g/mol. The maximum atomic E-state index is 13.8. The van der Waals surface area contributed by atoms with Crippen molar-refractivity contribution in [1.82, 2.24) is 25.0 Å². The van der Waals surface area contributed by atoms with Crippen LogP contribution in [0, 0.1) is 6.92 Å². The summed E-state index contributed by atoms with van der Waals surface area (Å²) >= 11 is 0. The van der Waals surface area contributed by atoms with Gasteiger partial charge in [-0.25, -0.2) is 4.39 Å². The summed E-state index contributed by atoms with van der Waals surface area (Å²) in [4.78, 5) is 6.51. The van der Waals surface area contributed by atoms with Gasteiger partial charge in [0.15, 0.2) is 0 Å². The molecule has 0 radical (unpaired) electrons. The number of aryl methyl sites for hydroxylation is 2. The molecule has 2 aromatic heterocycles. The normalized spacial score (nSPS) is 21.9. The van der Waals surface area contributed by atoms with Crippen LogP contribution < -0.4 is 5.32 Å². The minimum atomic E-state index is -0.737. The molecule has 1 N–H and O–H groups in total. The van der Waals surface area contributed by atoms with Gasteiger partial charge in [0, 0.05) is 62.9 Å². The largest absolute Gasteiger partial charge is 0.311 e. The Morgan fingerprint density at radius 3 is 3.04 bits per heavy atom. The second kappa shape index (κ2) is 7.19. The fourth-order valence-corrected chi connectivity index (χ4v) is 3.19. The molecule has 0 aliphatic carbocycles. The Morgan fingerprint density at radius 2 is 2.30 bits per heavy atom. The minimum Gasteiger partial charge on any atom is -0.311 e. The Bertz CT molecular complexity index is 641. The summed E-state index contributed by atoms with van der Waals surface area (Å²) in [5, 5.41) is 7.64. The highest BCUT2D eigenvalue weighted by atomic mass is 19.1. The molecule has 0 spiro atoms. The molecule has 2 aromatic rings. The van der Waals surface area contributed by atoms with Gasteiger partial charge < -0.3 is 5.32 Å². The van der Waals surface area contributed by atoms with Crippen LogP contribution in [0.4, 0.5) is 4.39 Å². The zero-order chi connectivity index (χ0) is 16.2. The van der Waals surface area contributed by atoms with Crippen molar-refractivity contribution in [2.45, 2.75) is 38.6 Å². The van der Waals surface area contributed by atoms with E-state index >= 15 is 0 Å². The van der Waals surface area contributed by atoms with Gasteiger partial charge in [0.1, 0.15) is 6.17 Å². The van der Waals surface area contributed by atoms with E-state index in [9.17, 15) is 4.39 Å². The molecule has 1 aliphatic rings. The van der Waals surface area contributed by atoms with E-state index in [0.717, 1.165) is 30.9 Å². The standard InChI is InChI=1S/C17H24FN5/c1-13-15(4-3-5-20-13)8-19-9-17-6-16(18)12-23(17)11-14-7-21-22(2)10-14/h3-5,7,10,16-17,19H,6,8-9,11-12H2,1-2H3/t16-,17-/m0/s1. The quantitative estimate of drug-likeness (QED) is 0.883. The van der Waals surface area contributed by atoms with Crippen molar-refractivity contribution in [3.63, 3.8) is 0 Å². The van der Waals surface area contributed by atoms with Gasteiger partial charge >= 0.3 is 0 Å². The number of pyridine rings is 1. The van der Waals surface area contributed by atoms with E-state index in [1.807, 2.05) is 32.4 Å². The van der Waals surface area contributed by atoms with E-state index in [1.54, 1.807) is 10.9 Å². The van der Waals surface area contributed by atoms with Crippen molar-refractivity contribution in [1.29, 1.82) is 0 Å². The molecule has 3 heterocycles. The summed E-state index contributed by atoms with van der Waals surface area (Å²) < 4.78 is 15.6. The molecule has 23 heavy (non-hydrogen) atoms. The third-order valence-electron chi connectivity index (χ3n) is 4.43. The number of nitrogens with one attached hydrogen (secondary N) is 1. The lowest BCUT2D eigenvalue weighted by atomic mass is 10.1. The fourth-order valence-electron chi connectivity index (χ4n) is 3.19. The molecule has 124 valence electrons. The summed E-state index contributed by atoms with van der Waals surface area (Å²) in [5.41, 5.74) is 3.37. The van der Waals surface area contributed by atoms with E-state index in [0.29, 0.717) is 13.0 Å². The molecule has 5 nitrogen and oxygen atoms in total. The van der Waals surface area contributed by atoms with E-state index in [-0.39, 0.29) is 6.04 Å². The number of nitrogens with zero attached hydrogens (tertiary/aromatic N) is 4. The zero-order valence-electron chi connectivity index (χ0n) is 13.7. The first kappa shape index (κ1) is 16.1. The van der Waals surface area contributed by atoms with Gasteiger partial charge in [-0.1, -0.05) is 6.07 Å². The third kappa shape index (κ3) is 4.14. The number of hydrogen-bond donors (Lipinski definition) is 1.